The van der Waals surface area contributed by atoms with E-state index in [4.69, 9.17) is 5.11 Å². The van der Waals surface area contributed by atoms with Gasteiger partial charge in [-0.2, -0.15) is 0 Å². The summed E-state index contributed by atoms with van der Waals surface area (Å²) in [5.74, 6) is -0.301. The van der Waals surface area contributed by atoms with Gasteiger partial charge in [-0.05, 0) is 24.6 Å². The van der Waals surface area contributed by atoms with Crippen LogP contribution < -0.4 is 0 Å². The average Bonchev–Trinajstić information content (AvgIpc) is 1.88. The van der Waals surface area contributed by atoms with Crippen molar-refractivity contribution in [3.05, 3.63) is 42.6 Å². The molecule has 2 heteroatoms. The normalized spacial score (nSPS) is 13.1. The van der Waals surface area contributed by atoms with Gasteiger partial charge in [0.1, 0.15) is 5.82 Å². The van der Waals surface area contributed by atoms with Gasteiger partial charge in [0.05, 0.1) is 6.10 Å². The predicted octanol–water partition coefficient (Wildman–Crippen LogP) is 1.69. The first kappa shape index (κ1) is 7.22. The number of benzene rings is 1. The zero-order chi connectivity index (χ0) is 7.56. The summed E-state index contributed by atoms with van der Waals surface area (Å²) >= 11 is 0. The van der Waals surface area contributed by atoms with Crippen molar-refractivity contribution in [1.82, 2.24) is 0 Å². The molecule has 1 N–H and O–H groups in total. The number of halogens is 1. The topological polar surface area (TPSA) is 20.2 Å². The van der Waals surface area contributed by atoms with Crippen molar-refractivity contribution in [3.63, 3.8) is 0 Å². The second-order valence-electron chi connectivity index (χ2n) is 2.07. The van der Waals surface area contributed by atoms with Crippen molar-refractivity contribution in [3.8, 4) is 0 Å². The van der Waals surface area contributed by atoms with E-state index >= 15 is 0 Å². The van der Waals surface area contributed by atoms with Crippen molar-refractivity contribution in [2.45, 2.75) is 6.10 Å². The number of aliphatic hydroxyl groups is 1. The molecule has 10 heavy (non-hydrogen) atoms. The van der Waals surface area contributed by atoms with Crippen LogP contribution in [0.2, 0.25) is 0 Å². The third-order valence-electron chi connectivity index (χ3n) is 1.25. The fourth-order valence-electron chi connectivity index (χ4n) is 0.685. The highest BCUT2D eigenvalue weighted by Gasteiger charge is 1.98. The van der Waals surface area contributed by atoms with E-state index in [1.54, 1.807) is 0 Å². The van der Waals surface area contributed by atoms with Crippen LogP contribution in [0.3, 0.4) is 0 Å². The second kappa shape index (κ2) is 2.80. The number of aliphatic hydroxyl groups excluding tert-OH is 1. The van der Waals surface area contributed by atoms with Gasteiger partial charge < -0.3 is 5.11 Å². The minimum absolute atomic E-state index is 0.301. The maximum Gasteiger partial charge on any atom is 0.123 e. The molecule has 0 spiro atoms. The molecule has 0 saturated carbocycles. The average molecular weight is 139 g/mol. The van der Waals surface area contributed by atoms with Gasteiger partial charge in [-0.25, -0.2) is 4.39 Å². The molecule has 0 aliphatic rings. The second-order valence-corrected chi connectivity index (χ2v) is 2.07. The van der Waals surface area contributed by atoms with Crippen molar-refractivity contribution in [1.29, 1.82) is 0 Å². The summed E-state index contributed by atoms with van der Waals surface area (Å²) in [5.41, 5.74) is 0.626. The molecule has 0 aromatic heterocycles. The van der Waals surface area contributed by atoms with E-state index in [1.165, 1.54) is 24.3 Å². The molecule has 1 rings (SSSR count). The minimum atomic E-state index is -0.763. The first-order valence-corrected chi connectivity index (χ1v) is 2.97. The third-order valence-corrected chi connectivity index (χ3v) is 1.25. The molecule has 1 radical (unpaired) electrons. The van der Waals surface area contributed by atoms with Gasteiger partial charge >= 0.3 is 0 Å². The molecule has 1 nitrogen and oxygen atoms in total. The Labute approximate surface area is 59.1 Å². The van der Waals surface area contributed by atoms with E-state index in [9.17, 15) is 4.39 Å². The molecule has 0 aliphatic carbocycles. The molecule has 0 saturated heterocycles. The predicted molar refractivity (Wildman–Crippen MR) is 36.7 cm³/mol. The molecular formula is C8H8FO. The zero-order valence-electron chi connectivity index (χ0n) is 5.42. The third kappa shape index (κ3) is 1.54. The lowest BCUT2D eigenvalue weighted by Crippen LogP contribution is -1.90. The largest absolute Gasteiger partial charge is 0.388 e. The van der Waals surface area contributed by atoms with Crippen LogP contribution in [0.1, 0.15) is 11.7 Å². The van der Waals surface area contributed by atoms with E-state index in [-0.39, 0.29) is 5.82 Å². The van der Waals surface area contributed by atoms with Crippen molar-refractivity contribution in [2.75, 3.05) is 0 Å². The first-order valence-electron chi connectivity index (χ1n) is 2.97. The van der Waals surface area contributed by atoms with Crippen LogP contribution in [-0.4, -0.2) is 5.11 Å². The lowest BCUT2D eigenvalue weighted by atomic mass is 10.1. The lowest BCUT2D eigenvalue weighted by molar-refractivity contribution is 0.226. The van der Waals surface area contributed by atoms with E-state index in [0.717, 1.165) is 0 Å². The van der Waals surface area contributed by atoms with Gasteiger partial charge in [0.2, 0.25) is 0 Å². The molecule has 1 unspecified atom stereocenters. The summed E-state index contributed by atoms with van der Waals surface area (Å²) in [5, 5.41) is 8.88. The highest BCUT2D eigenvalue weighted by molar-refractivity contribution is 5.18. The Morgan fingerprint density at radius 2 is 1.80 bits per heavy atom. The van der Waals surface area contributed by atoms with Crippen LogP contribution >= 0.6 is 0 Å². The minimum Gasteiger partial charge on any atom is -0.388 e. The van der Waals surface area contributed by atoms with Crippen LogP contribution in [-0.2, 0) is 0 Å². The molecule has 0 bridgehead atoms. The van der Waals surface area contributed by atoms with Crippen LogP contribution in [0.25, 0.3) is 0 Å². The van der Waals surface area contributed by atoms with Gasteiger partial charge in [0.15, 0.2) is 0 Å². The number of rotatable bonds is 1. The smallest absolute Gasteiger partial charge is 0.123 e. The summed E-state index contributed by atoms with van der Waals surface area (Å²) in [6, 6.07) is 5.60. The zero-order valence-corrected chi connectivity index (χ0v) is 5.42. The molecular weight excluding hydrogens is 131 g/mol. The van der Waals surface area contributed by atoms with Gasteiger partial charge in [-0.15, -0.1) is 0 Å². The Balaban J connectivity index is 2.89. The van der Waals surface area contributed by atoms with E-state index in [2.05, 4.69) is 6.92 Å². The summed E-state index contributed by atoms with van der Waals surface area (Å²) in [6.45, 7) is 3.37. The van der Waals surface area contributed by atoms with Crippen molar-refractivity contribution < 1.29 is 9.50 Å². The van der Waals surface area contributed by atoms with Crippen LogP contribution in [0.5, 0.6) is 0 Å². The maximum absolute atomic E-state index is 12.2. The van der Waals surface area contributed by atoms with Crippen molar-refractivity contribution in [2.24, 2.45) is 0 Å². The summed E-state index contributed by atoms with van der Waals surface area (Å²) in [6.07, 6.45) is -0.763. The standard InChI is InChI=1S/C8H8FO/c1-6(10)7-2-4-8(9)5-3-7/h2-6,10H,1H2. The van der Waals surface area contributed by atoms with Crippen LogP contribution in [0, 0.1) is 12.7 Å². The maximum atomic E-state index is 12.2. The van der Waals surface area contributed by atoms with Crippen molar-refractivity contribution >= 4 is 0 Å². The van der Waals surface area contributed by atoms with Gasteiger partial charge in [-0.1, -0.05) is 12.1 Å². The molecule has 0 heterocycles. The lowest BCUT2D eigenvalue weighted by Gasteiger charge is -2.01. The molecule has 0 fully saturated rings. The van der Waals surface area contributed by atoms with Gasteiger partial charge in [-0.3, -0.25) is 0 Å². The van der Waals surface area contributed by atoms with E-state index < -0.39 is 6.10 Å². The SMILES string of the molecule is [CH2]C(O)c1ccc(F)cc1. The number of hydrogen-bond acceptors (Lipinski definition) is 1. The summed E-state index contributed by atoms with van der Waals surface area (Å²) < 4.78 is 12.2. The molecule has 1 aromatic carbocycles. The van der Waals surface area contributed by atoms with Gasteiger partial charge in [0, 0.05) is 0 Å². The molecule has 53 valence electrons. The van der Waals surface area contributed by atoms with Gasteiger partial charge in [0.25, 0.3) is 0 Å². The fourth-order valence-corrected chi connectivity index (χ4v) is 0.685. The molecule has 1 atom stereocenters. The Morgan fingerprint density at radius 3 is 2.20 bits per heavy atom. The summed E-state index contributed by atoms with van der Waals surface area (Å²) in [7, 11) is 0. The molecule has 0 aliphatic heterocycles. The fraction of sp³-hybridized carbons (Fsp3) is 0.125. The van der Waals surface area contributed by atoms with E-state index in [1.807, 2.05) is 0 Å². The quantitative estimate of drug-likeness (QED) is 0.627. The Bertz CT molecular complexity index is 203. The monoisotopic (exact) mass is 139 g/mol. The van der Waals surface area contributed by atoms with E-state index in [0.29, 0.717) is 5.56 Å². The molecule has 1 aromatic rings. The Kier molecular flexibility index (Phi) is 2.02. The highest BCUT2D eigenvalue weighted by Crippen LogP contribution is 2.10. The molecule has 0 amide bonds. The first-order chi connectivity index (χ1) is 4.70. The number of hydrogen-bond donors (Lipinski definition) is 1. The Hall–Kier alpha value is -0.890. The Morgan fingerprint density at radius 1 is 1.30 bits per heavy atom. The highest BCUT2D eigenvalue weighted by atomic mass is 19.1. The van der Waals surface area contributed by atoms with Crippen LogP contribution in [0.4, 0.5) is 4.39 Å². The summed E-state index contributed by atoms with van der Waals surface area (Å²) in [4.78, 5) is 0. The van der Waals surface area contributed by atoms with Crippen LogP contribution in [0.15, 0.2) is 24.3 Å².